The van der Waals surface area contributed by atoms with Crippen LogP contribution in [0.4, 0.5) is 0 Å². The van der Waals surface area contributed by atoms with Crippen molar-refractivity contribution in [3.05, 3.63) is 34.4 Å². The molecule has 0 bridgehead atoms. The number of rotatable bonds is 1. The van der Waals surface area contributed by atoms with Crippen LogP contribution < -0.4 is 0 Å². The Morgan fingerprint density at radius 3 is 2.50 bits per heavy atom. The topological polar surface area (TPSA) is 9.23 Å². The van der Waals surface area contributed by atoms with Gasteiger partial charge in [-0.2, -0.15) is 0 Å². The minimum Gasteiger partial charge on any atom is -0.373 e. The van der Waals surface area contributed by atoms with Crippen molar-refractivity contribution in [2.75, 3.05) is 6.61 Å². The summed E-state index contributed by atoms with van der Waals surface area (Å²) in [6.45, 7) is 7.24. The molecule has 0 spiro atoms. The van der Waals surface area contributed by atoms with Crippen LogP contribution in [0, 0.1) is 20.8 Å². The van der Waals surface area contributed by atoms with Crippen LogP contribution in [0.2, 0.25) is 0 Å². The number of alkyl halides is 1. The number of benzene rings is 1. The third-order valence-corrected chi connectivity index (χ3v) is 3.85. The summed E-state index contributed by atoms with van der Waals surface area (Å²) in [5.41, 5.74) is 5.31. The molecule has 0 aromatic heterocycles. The molecule has 2 rings (SSSR count). The Bertz CT molecular complexity index is 387. The number of ether oxygens (including phenoxy) is 1. The normalized spacial score (nSPS) is 25.8. The second-order valence-electron chi connectivity index (χ2n) is 4.77. The monoisotopic (exact) mass is 238 g/mol. The van der Waals surface area contributed by atoms with E-state index in [2.05, 4.69) is 32.9 Å². The highest BCUT2D eigenvalue weighted by Crippen LogP contribution is 2.33. The van der Waals surface area contributed by atoms with Gasteiger partial charge in [0.05, 0.1) is 6.10 Å². The van der Waals surface area contributed by atoms with Crippen LogP contribution in [-0.4, -0.2) is 12.0 Å². The Hall–Kier alpha value is -0.530. The first-order chi connectivity index (χ1) is 7.58. The van der Waals surface area contributed by atoms with E-state index in [4.69, 9.17) is 16.3 Å². The maximum absolute atomic E-state index is 6.20. The highest BCUT2D eigenvalue weighted by Gasteiger charge is 2.23. The van der Waals surface area contributed by atoms with Crippen molar-refractivity contribution in [3.8, 4) is 0 Å². The number of hydrogen-bond acceptors (Lipinski definition) is 1. The van der Waals surface area contributed by atoms with Gasteiger partial charge in [0.1, 0.15) is 0 Å². The Balaban J connectivity index is 2.29. The average Bonchev–Trinajstić information content (AvgIpc) is 2.23. The lowest BCUT2D eigenvalue weighted by atomic mass is 9.93. The predicted octanol–water partition coefficient (Wildman–Crippen LogP) is 4.07. The largest absolute Gasteiger partial charge is 0.373 e. The molecule has 2 unspecified atom stereocenters. The smallest absolute Gasteiger partial charge is 0.0841 e. The molecule has 0 amide bonds. The van der Waals surface area contributed by atoms with Gasteiger partial charge in [0.2, 0.25) is 0 Å². The Morgan fingerprint density at radius 2 is 1.81 bits per heavy atom. The van der Waals surface area contributed by atoms with Crippen LogP contribution in [-0.2, 0) is 4.74 Å². The van der Waals surface area contributed by atoms with Gasteiger partial charge in [0.25, 0.3) is 0 Å². The summed E-state index contributed by atoms with van der Waals surface area (Å²) in [5.74, 6) is 0. The zero-order valence-electron chi connectivity index (χ0n) is 10.2. The lowest BCUT2D eigenvalue weighted by Gasteiger charge is -2.28. The van der Waals surface area contributed by atoms with Gasteiger partial charge >= 0.3 is 0 Å². The molecule has 1 heterocycles. The minimum atomic E-state index is 0.190. The van der Waals surface area contributed by atoms with Crippen molar-refractivity contribution in [2.24, 2.45) is 0 Å². The summed E-state index contributed by atoms with van der Waals surface area (Å²) in [7, 11) is 0. The van der Waals surface area contributed by atoms with Gasteiger partial charge in [-0.05, 0) is 55.9 Å². The molecule has 1 aliphatic heterocycles. The number of halogens is 1. The zero-order valence-corrected chi connectivity index (χ0v) is 11.0. The zero-order chi connectivity index (χ0) is 11.7. The van der Waals surface area contributed by atoms with Gasteiger partial charge in [-0.15, -0.1) is 11.6 Å². The van der Waals surface area contributed by atoms with Crippen LogP contribution in [0.15, 0.2) is 12.1 Å². The van der Waals surface area contributed by atoms with Gasteiger partial charge in [-0.3, -0.25) is 0 Å². The van der Waals surface area contributed by atoms with E-state index in [0.717, 1.165) is 19.4 Å². The summed E-state index contributed by atoms with van der Waals surface area (Å²) in [5, 5.41) is 0.264. The molecule has 1 nitrogen and oxygen atoms in total. The van der Waals surface area contributed by atoms with Gasteiger partial charge in [0, 0.05) is 12.0 Å². The molecule has 1 fully saturated rings. The van der Waals surface area contributed by atoms with Crippen molar-refractivity contribution in [1.29, 1.82) is 0 Å². The SMILES string of the molecule is Cc1cc(C)c(C2CC(Cl)CCO2)cc1C. The van der Waals surface area contributed by atoms with Crippen LogP contribution in [0.5, 0.6) is 0 Å². The standard InChI is InChI=1S/C14H19ClO/c1-9-6-11(3)13(7-10(9)2)14-8-12(15)4-5-16-14/h6-7,12,14H,4-5,8H2,1-3H3. The first-order valence-corrected chi connectivity index (χ1v) is 6.35. The van der Waals surface area contributed by atoms with Crippen LogP contribution in [0.1, 0.15) is 41.2 Å². The van der Waals surface area contributed by atoms with E-state index in [1.54, 1.807) is 0 Å². The number of hydrogen-bond donors (Lipinski definition) is 0. The summed E-state index contributed by atoms with van der Waals surface area (Å²) >= 11 is 6.20. The van der Waals surface area contributed by atoms with Crippen molar-refractivity contribution < 1.29 is 4.74 Å². The van der Waals surface area contributed by atoms with Gasteiger partial charge < -0.3 is 4.74 Å². The molecule has 88 valence electrons. The average molecular weight is 239 g/mol. The third kappa shape index (κ3) is 2.41. The van der Waals surface area contributed by atoms with Gasteiger partial charge in [-0.25, -0.2) is 0 Å². The molecule has 0 radical (unpaired) electrons. The quantitative estimate of drug-likeness (QED) is 0.671. The first kappa shape index (κ1) is 11.9. The maximum Gasteiger partial charge on any atom is 0.0841 e. The second-order valence-corrected chi connectivity index (χ2v) is 5.39. The summed E-state index contributed by atoms with van der Waals surface area (Å²) < 4.78 is 5.83. The van der Waals surface area contributed by atoms with Gasteiger partial charge in [-0.1, -0.05) is 12.1 Å². The molecular formula is C14H19ClO. The highest BCUT2D eigenvalue weighted by atomic mass is 35.5. The van der Waals surface area contributed by atoms with Crippen LogP contribution in [0.3, 0.4) is 0 Å². The molecule has 2 heteroatoms. The first-order valence-electron chi connectivity index (χ1n) is 5.91. The van der Waals surface area contributed by atoms with E-state index in [0.29, 0.717) is 0 Å². The molecule has 1 saturated heterocycles. The van der Waals surface area contributed by atoms with E-state index in [1.807, 2.05) is 0 Å². The van der Waals surface area contributed by atoms with E-state index in [-0.39, 0.29) is 11.5 Å². The van der Waals surface area contributed by atoms with Crippen LogP contribution in [0.25, 0.3) is 0 Å². The Labute approximate surface area is 103 Å². The molecule has 0 aliphatic carbocycles. The Kier molecular flexibility index (Phi) is 3.56. The lowest BCUT2D eigenvalue weighted by molar-refractivity contribution is 0.0165. The summed E-state index contributed by atoms with van der Waals surface area (Å²) in [6.07, 6.45) is 2.10. The molecular weight excluding hydrogens is 220 g/mol. The molecule has 0 N–H and O–H groups in total. The molecule has 1 aromatic carbocycles. The van der Waals surface area contributed by atoms with Crippen molar-refractivity contribution in [2.45, 2.75) is 45.1 Å². The fourth-order valence-corrected chi connectivity index (χ4v) is 2.55. The van der Waals surface area contributed by atoms with Crippen molar-refractivity contribution in [1.82, 2.24) is 0 Å². The molecule has 2 atom stereocenters. The third-order valence-electron chi connectivity index (χ3n) is 3.45. The van der Waals surface area contributed by atoms with E-state index in [1.165, 1.54) is 22.3 Å². The van der Waals surface area contributed by atoms with E-state index < -0.39 is 0 Å². The fourth-order valence-electron chi connectivity index (χ4n) is 2.30. The molecule has 1 aliphatic rings. The van der Waals surface area contributed by atoms with Crippen molar-refractivity contribution >= 4 is 11.6 Å². The van der Waals surface area contributed by atoms with Crippen molar-refractivity contribution in [3.63, 3.8) is 0 Å². The fraction of sp³-hybridized carbons (Fsp3) is 0.571. The van der Waals surface area contributed by atoms with E-state index in [9.17, 15) is 0 Å². The molecule has 16 heavy (non-hydrogen) atoms. The van der Waals surface area contributed by atoms with Gasteiger partial charge in [0.15, 0.2) is 0 Å². The predicted molar refractivity (Wildman–Crippen MR) is 68.2 cm³/mol. The summed E-state index contributed by atoms with van der Waals surface area (Å²) in [6, 6.07) is 4.50. The minimum absolute atomic E-state index is 0.190. The summed E-state index contributed by atoms with van der Waals surface area (Å²) in [4.78, 5) is 0. The van der Waals surface area contributed by atoms with Crippen LogP contribution >= 0.6 is 11.6 Å². The highest BCUT2D eigenvalue weighted by molar-refractivity contribution is 6.20. The Morgan fingerprint density at radius 1 is 1.12 bits per heavy atom. The lowest BCUT2D eigenvalue weighted by Crippen LogP contribution is -2.20. The van der Waals surface area contributed by atoms with E-state index >= 15 is 0 Å². The number of aryl methyl sites for hydroxylation is 3. The second kappa shape index (κ2) is 4.77. The molecule has 1 aromatic rings. The molecule has 0 saturated carbocycles. The maximum atomic E-state index is 6.20.